The van der Waals surface area contributed by atoms with E-state index in [1.807, 2.05) is 19.9 Å². The van der Waals surface area contributed by atoms with Gasteiger partial charge in [0.25, 0.3) is 0 Å². The predicted octanol–water partition coefficient (Wildman–Crippen LogP) is 2.14. The highest BCUT2D eigenvalue weighted by Gasteiger charge is 2.27. The molecule has 0 radical (unpaired) electrons. The van der Waals surface area contributed by atoms with Gasteiger partial charge in [0.2, 0.25) is 0 Å². The molecule has 0 amide bonds. The Morgan fingerprint density at radius 3 is 3.00 bits per heavy atom. The Morgan fingerprint density at radius 2 is 2.32 bits per heavy atom. The number of nitrogens with one attached hydrogen (secondary N) is 1. The van der Waals surface area contributed by atoms with Crippen molar-refractivity contribution in [2.24, 2.45) is 0 Å². The Kier molecular flexibility index (Phi) is 3.33. The summed E-state index contributed by atoms with van der Waals surface area (Å²) in [6.07, 6.45) is 3.55. The molecule has 0 bridgehead atoms. The zero-order valence-electron chi connectivity index (χ0n) is 11.4. The number of aryl methyl sites for hydroxylation is 2. The lowest BCUT2D eigenvalue weighted by molar-refractivity contribution is 0.130. The Bertz CT molecular complexity index is 547. The van der Waals surface area contributed by atoms with Gasteiger partial charge in [-0.15, -0.1) is 0 Å². The van der Waals surface area contributed by atoms with Crippen molar-refractivity contribution in [2.45, 2.75) is 45.7 Å². The molecule has 1 aliphatic rings. The van der Waals surface area contributed by atoms with Crippen molar-refractivity contribution in [3.63, 3.8) is 0 Å². The van der Waals surface area contributed by atoms with Gasteiger partial charge in [-0.1, -0.05) is 11.6 Å². The second-order valence-electron chi connectivity index (χ2n) is 5.19. The molecule has 1 fully saturated rings. The third kappa shape index (κ3) is 2.68. The van der Waals surface area contributed by atoms with E-state index in [4.69, 9.17) is 4.52 Å². The maximum atomic E-state index is 5.14. The molecule has 3 heterocycles. The number of aromatic nitrogens is 4. The normalized spacial score (nSPS) is 20.8. The molecule has 19 heavy (non-hydrogen) atoms. The number of aromatic amines is 1. The van der Waals surface area contributed by atoms with Crippen LogP contribution in [-0.4, -0.2) is 31.8 Å². The van der Waals surface area contributed by atoms with E-state index in [1.54, 1.807) is 0 Å². The second-order valence-corrected chi connectivity index (χ2v) is 5.19. The number of hydrogen-bond donors (Lipinski definition) is 1. The van der Waals surface area contributed by atoms with Crippen molar-refractivity contribution in [1.82, 2.24) is 25.2 Å². The van der Waals surface area contributed by atoms with Gasteiger partial charge < -0.3 is 4.52 Å². The first-order chi connectivity index (χ1) is 9.22. The molecule has 2 aromatic rings. The summed E-state index contributed by atoms with van der Waals surface area (Å²) in [5.74, 6) is 2.63. The zero-order valence-corrected chi connectivity index (χ0v) is 11.4. The lowest BCUT2D eigenvalue weighted by atomic mass is 10.0. The molecule has 0 spiro atoms. The van der Waals surface area contributed by atoms with Gasteiger partial charge in [-0.25, -0.2) is 4.98 Å². The van der Waals surface area contributed by atoms with Crippen molar-refractivity contribution < 1.29 is 4.52 Å². The van der Waals surface area contributed by atoms with Crippen LogP contribution < -0.4 is 0 Å². The predicted molar refractivity (Wildman–Crippen MR) is 69.4 cm³/mol. The number of nitrogens with zero attached hydrogens (tertiary/aromatic N) is 4. The van der Waals surface area contributed by atoms with Gasteiger partial charge in [0.05, 0.1) is 11.7 Å². The highest BCUT2D eigenvalue weighted by molar-refractivity contribution is 5.05. The number of hydrogen-bond acceptors (Lipinski definition) is 5. The van der Waals surface area contributed by atoms with Crippen LogP contribution in [0.25, 0.3) is 0 Å². The van der Waals surface area contributed by atoms with Crippen LogP contribution in [0.4, 0.5) is 0 Å². The Labute approximate surface area is 112 Å². The second kappa shape index (κ2) is 5.13. The zero-order chi connectivity index (χ0) is 13.2. The first-order valence-electron chi connectivity index (χ1n) is 6.77. The first kappa shape index (κ1) is 12.3. The van der Waals surface area contributed by atoms with Crippen LogP contribution in [-0.2, 0) is 6.54 Å². The fourth-order valence-corrected chi connectivity index (χ4v) is 2.68. The van der Waals surface area contributed by atoms with E-state index in [9.17, 15) is 0 Å². The highest BCUT2D eigenvalue weighted by Crippen LogP contribution is 2.30. The molecule has 6 nitrogen and oxygen atoms in total. The summed E-state index contributed by atoms with van der Waals surface area (Å²) in [5, 5.41) is 11.3. The van der Waals surface area contributed by atoms with E-state index in [1.165, 1.54) is 12.8 Å². The van der Waals surface area contributed by atoms with Gasteiger partial charge in [0.15, 0.2) is 5.82 Å². The number of H-pyrrole nitrogens is 1. The Hall–Kier alpha value is -1.69. The van der Waals surface area contributed by atoms with Crippen LogP contribution in [0.1, 0.15) is 48.4 Å². The van der Waals surface area contributed by atoms with Crippen LogP contribution in [0.5, 0.6) is 0 Å². The number of likely N-dealkylation sites (tertiary alicyclic amines) is 1. The van der Waals surface area contributed by atoms with E-state index in [0.29, 0.717) is 0 Å². The molecule has 0 unspecified atom stereocenters. The molecule has 1 aliphatic heterocycles. The fourth-order valence-electron chi connectivity index (χ4n) is 2.68. The third-order valence-corrected chi connectivity index (χ3v) is 3.57. The topological polar surface area (TPSA) is 70.8 Å². The molecule has 0 aliphatic carbocycles. The van der Waals surface area contributed by atoms with Crippen LogP contribution in [0.3, 0.4) is 0 Å². The average Bonchev–Trinajstić information content (AvgIpc) is 2.99. The van der Waals surface area contributed by atoms with E-state index in [2.05, 4.69) is 25.2 Å². The van der Waals surface area contributed by atoms with Gasteiger partial charge in [0, 0.05) is 12.6 Å². The summed E-state index contributed by atoms with van der Waals surface area (Å²) in [4.78, 5) is 6.87. The SMILES string of the molecule is Cc1nc([C@H]2CCCCN2Cc2cc(C)on2)n[nH]1. The largest absolute Gasteiger partial charge is 0.361 e. The Morgan fingerprint density at radius 1 is 1.42 bits per heavy atom. The number of rotatable bonds is 3. The van der Waals surface area contributed by atoms with E-state index in [-0.39, 0.29) is 6.04 Å². The molecule has 0 aromatic carbocycles. The van der Waals surface area contributed by atoms with Crippen molar-refractivity contribution in [3.8, 4) is 0 Å². The average molecular weight is 261 g/mol. The molecule has 1 saturated heterocycles. The summed E-state index contributed by atoms with van der Waals surface area (Å²) in [6, 6.07) is 2.28. The standard InChI is InChI=1S/C13H19N5O/c1-9-7-11(17-19-9)8-18-6-4-3-5-12(18)13-14-10(2)15-16-13/h7,12H,3-6,8H2,1-2H3,(H,14,15,16)/t12-/m1/s1. The lowest BCUT2D eigenvalue weighted by Gasteiger charge is -2.33. The van der Waals surface area contributed by atoms with Crippen molar-refractivity contribution in [2.75, 3.05) is 6.54 Å². The first-order valence-corrected chi connectivity index (χ1v) is 6.77. The van der Waals surface area contributed by atoms with Crippen LogP contribution in [0, 0.1) is 13.8 Å². The smallest absolute Gasteiger partial charge is 0.167 e. The monoisotopic (exact) mass is 261 g/mol. The fraction of sp³-hybridized carbons (Fsp3) is 0.615. The third-order valence-electron chi connectivity index (χ3n) is 3.57. The van der Waals surface area contributed by atoms with Gasteiger partial charge in [0.1, 0.15) is 11.6 Å². The summed E-state index contributed by atoms with van der Waals surface area (Å²) >= 11 is 0. The van der Waals surface area contributed by atoms with Crippen molar-refractivity contribution >= 4 is 0 Å². The van der Waals surface area contributed by atoms with Gasteiger partial charge in [-0.2, -0.15) is 5.10 Å². The summed E-state index contributed by atoms with van der Waals surface area (Å²) in [6.45, 7) is 5.72. The van der Waals surface area contributed by atoms with E-state index < -0.39 is 0 Å². The summed E-state index contributed by atoms with van der Waals surface area (Å²) in [5.41, 5.74) is 0.983. The van der Waals surface area contributed by atoms with Gasteiger partial charge >= 0.3 is 0 Å². The minimum absolute atomic E-state index is 0.288. The van der Waals surface area contributed by atoms with Crippen LogP contribution in [0.2, 0.25) is 0 Å². The van der Waals surface area contributed by atoms with Crippen LogP contribution in [0.15, 0.2) is 10.6 Å². The molecule has 3 rings (SSSR count). The molecule has 1 N–H and O–H groups in total. The maximum Gasteiger partial charge on any atom is 0.167 e. The highest BCUT2D eigenvalue weighted by atomic mass is 16.5. The quantitative estimate of drug-likeness (QED) is 0.916. The van der Waals surface area contributed by atoms with Crippen molar-refractivity contribution in [1.29, 1.82) is 0 Å². The molecule has 2 aromatic heterocycles. The Balaban J connectivity index is 1.77. The molecule has 6 heteroatoms. The molecule has 102 valence electrons. The molecule has 1 atom stereocenters. The molecular weight excluding hydrogens is 242 g/mol. The van der Waals surface area contributed by atoms with Gasteiger partial charge in [-0.3, -0.25) is 10.00 Å². The minimum Gasteiger partial charge on any atom is -0.361 e. The maximum absolute atomic E-state index is 5.14. The molecular formula is C13H19N5O. The van der Waals surface area contributed by atoms with E-state index in [0.717, 1.165) is 42.6 Å². The van der Waals surface area contributed by atoms with Crippen LogP contribution >= 0.6 is 0 Å². The van der Waals surface area contributed by atoms with Gasteiger partial charge in [-0.05, 0) is 33.2 Å². The van der Waals surface area contributed by atoms with E-state index >= 15 is 0 Å². The minimum atomic E-state index is 0.288. The molecule has 0 saturated carbocycles. The summed E-state index contributed by atoms with van der Waals surface area (Å²) in [7, 11) is 0. The summed E-state index contributed by atoms with van der Waals surface area (Å²) < 4.78 is 5.14. The number of piperidine rings is 1. The lowest BCUT2D eigenvalue weighted by Crippen LogP contribution is -2.33. The van der Waals surface area contributed by atoms with Crippen molar-refractivity contribution in [3.05, 3.63) is 29.2 Å².